The number of nitrogens with zero attached hydrogens (tertiary/aromatic N) is 2. The topological polar surface area (TPSA) is 46.9 Å². The Morgan fingerprint density at radius 1 is 1.00 bits per heavy atom. The fourth-order valence-corrected chi connectivity index (χ4v) is 2.96. The number of benzene rings is 2. The monoisotopic (exact) mass is 333 g/mol. The number of aryl methyl sites for hydroxylation is 2. The van der Waals surface area contributed by atoms with Crippen molar-refractivity contribution >= 4 is 11.6 Å². The van der Waals surface area contributed by atoms with Crippen LogP contribution in [0.15, 0.2) is 60.9 Å². The van der Waals surface area contributed by atoms with Gasteiger partial charge in [-0.3, -0.25) is 4.79 Å². The van der Waals surface area contributed by atoms with Crippen LogP contribution in [0.4, 0.5) is 5.69 Å². The first kappa shape index (κ1) is 17.0. The minimum absolute atomic E-state index is 0.0161. The molecule has 0 bridgehead atoms. The summed E-state index contributed by atoms with van der Waals surface area (Å²) in [6, 6.07) is 16.0. The molecule has 0 fully saturated rings. The molecular formula is C21H23N3O. The first-order chi connectivity index (χ1) is 12.2. The summed E-state index contributed by atoms with van der Waals surface area (Å²) in [5.41, 5.74) is 5.31. The minimum Gasteiger partial charge on any atom is -0.325 e. The van der Waals surface area contributed by atoms with Gasteiger partial charge in [-0.25, -0.2) is 4.68 Å². The van der Waals surface area contributed by atoms with Crippen molar-refractivity contribution in [3.63, 3.8) is 0 Å². The summed E-state index contributed by atoms with van der Waals surface area (Å²) in [5.74, 6) is 0.0161. The molecule has 0 radical (unpaired) electrons. The van der Waals surface area contributed by atoms with E-state index in [4.69, 9.17) is 0 Å². The van der Waals surface area contributed by atoms with Gasteiger partial charge in [-0.05, 0) is 47.7 Å². The molecule has 1 aromatic heterocycles. The van der Waals surface area contributed by atoms with E-state index in [0.29, 0.717) is 6.42 Å². The van der Waals surface area contributed by atoms with Crippen LogP contribution in [0.3, 0.4) is 0 Å². The van der Waals surface area contributed by atoms with Gasteiger partial charge in [-0.1, -0.05) is 44.2 Å². The van der Waals surface area contributed by atoms with E-state index in [0.717, 1.165) is 29.8 Å². The number of carbonyl (C=O) groups excluding carboxylic acids is 1. The third-order valence-corrected chi connectivity index (χ3v) is 4.33. The van der Waals surface area contributed by atoms with Gasteiger partial charge in [-0.15, -0.1) is 0 Å². The molecular weight excluding hydrogens is 310 g/mol. The molecule has 0 aliphatic rings. The van der Waals surface area contributed by atoms with Gasteiger partial charge < -0.3 is 5.32 Å². The standard InChI is InChI=1S/C21H23N3O/c1-3-17-7-5-8-18(4-2)21(17)23-20(25)15-16-9-11-19(12-10-16)24-14-6-13-22-24/h5-14H,3-4,15H2,1-2H3,(H,23,25). The molecule has 0 aliphatic carbocycles. The summed E-state index contributed by atoms with van der Waals surface area (Å²) in [4.78, 5) is 12.5. The van der Waals surface area contributed by atoms with Gasteiger partial charge in [0.1, 0.15) is 0 Å². The largest absolute Gasteiger partial charge is 0.325 e. The van der Waals surface area contributed by atoms with Crippen molar-refractivity contribution in [2.75, 3.05) is 5.32 Å². The second kappa shape index (κ2) is 7.79. The van der Waals surface area contributed by atoms with Crippen molar-refractivity contribution < 1.29 is 4.79 Å². The Kier molecular flexibility index (Phi) is 5.29. The smallest absolute Gasteiger partial charge is 0.228 e. The molecule has 0 saturated carbocycles. The Morgan fingerprint density at radius 2 is 1.68 bits per heavy atom. The number of carbonyl (C=O) groups is 1. The van der Waals surface area contributed by atoms with Crippen LogP contribution in [0.1, 0.15) is 30.5 Å². The van der Waals surface area contributed by atoms with Crippen LogP contribution in [0.5, 0.6) is 0 Å². The third kappa shape index (κ3) is 3.97. The molecule has 0 unspecified atom stereocenters. The van der Waals surface area contributed by atoms with Crippen molar-refractivity contribution in [3.05, 3.63) is 77.6 Å². The summed E-state index contributed by atoms with van der Waals surface area (Å²) in [5, 5.41) is 7.32. The van der Waals surface area contributed by atoms with Gasteiger partial charge >= 0.3 is 0 Å². The maximum atomic E-state index is 12.5. The number of nitrogens with one attached hydrogen (secondary N) is 1. The highest BCUT2D eigenvalue weighted by Gasteiger charge is 2.10. The number of hydrogen-bond donors (Lipinski definition) is 1. The van der Waals surface area contributed by atoms with Crippen LogP contribution >= 0.6 is 0 Å². The van der Waals surface area contributed by atoms with Gasteiger partial charge in [-0.2, -0.15) is 5.10 Å². The van der Waals surface area contributed by atoms with Gasteiger partial charge in [0.15, 0.2) is 0 Å². The summed E-state index contributed by atoms with van der Waals surface area (Å²) in [6.07, 6.45) is 5.82. The van der Waals surface area contributed by atoms with Crippen LogP contribution in [0, 0.1) is 0 Å². The number of aromatic nitrogens is 2. The first-order valence-corrected chi connectivity index (χ1v) is 8.70. The van der Waals surface area contributed by atoms with Crippen LogP contribution in [0.2, 0.25) is 0 Å². The molecule has 3 rings (SSSR count). The van der Waals surface area contributed by atoms with E-state index >= 15 is 0 Å². The van der Waals surface area contributed by atoms with Gasteiger partial charge in [0.25, 0.3) is 0 Å². The second-order valence-corrected chi connectivity index (χ2v) is 6.00. The number of amides is 1. The summed E-state index contributed by atoms with van der Waals surface area (Å²) in [6.45, 7) is 4.22. The number of hydrogen-bond acceptors (Lipinski definition) is 2. The SMILES string of the molecule is CCc1cccc(CC)c1NC(=O)Cc1ccc(-n2cccn2)cc1. The maximum absolute atomic E-state index is 12.5. The Bertz CT molecular complexity index is 814. The van der Waals surface area contributed by atoms with Crippen molar-refractivity contribution in [2.45, 2.75) is 33.1 Å². The molecule has 1 N–H and O–H groups in total. The van der Waals surface area contributed by atoms with Crippen LogP contribution in [-0.2, 0) is 24.1 Å². The van der Waals surface area contributed by atoms with E-state index in [1.165, 1.54) is 11.1 Å². The molecule has 2 aromatic carbocycles. The third-order valence-electron chi connectivity index (χ3n) is 4.33. The van der Waals surface area contributed by atoms with E-state index in [1.54, 1.807) is 10.9 Å². The highest BCUT2D eigenvalue weighted by atomic mass is 16.1. The van der Waals surface area contributed by atoms with Crippen LogP contribution in [-0.4, -0.2) is 15.7 Å². The molecule has 1 amide bonds. The summed E-state index contributed by atoms with van der Waals surface area (Å²) in [7, 11) is 0. The Labute approximate surface area is 148 Å². The summed E-state index contributed by atoms with van der Waals surface area (Å²) >= 11 is 0. The number of anilines is 1. The average molecular weight is 333 g/mol. The Hall–Kier alpha value is -2.88. The molecule has 128 valence electrons. The highest BCUT2D eigenvalue weighted by molar-refractivity contribution is 5.93. The van der Waals surface area contributed by atoms with Gasteiger partial charge in [0.05, 0.1) is 12.1 Å². The van der Waals surface area contributed by atoms with Crippen molar-refractivity contribution in [3.8, 4) is 5.69 Å². The number of para-hydroxylation sites is 1. The predicted octanol–water partition coefficient (Wildman–Crippen LogP) is 4.18. The maximum Gasteiger partial charge on any atom is 0.228 e. The zero-order valence-electron chi connectivity index (χ0n) is 14.7. The van der Waals surface area contributed by atoms with Crippen LogP contribution in [0.25, 0.3) is 5.69 Å². The summed E-state index contributed by atoms with van der Waals surface area (Å²) < 4.78 is 1.80. The van der Waals surface area contributed by atoms with E-state index in [1.807, 2.05) is 36.5 Å². The molecule has 1 heterocycles. The van der Waals surface area contributed by atoms with E-state index in [2.05, 4.69) is 42.5 Å². The van der Waals surface area contributed by atoms with Crippen LogP contribution < -0.4 is 5.32 Å². The van der Waals surface area contributed by atoms with E-state index in [9.17, 15) is 4.79 Å². The molecule has 4 nitrogen and oxygen atoms in total. The molecule has 0 aliphatic heterocycles. The zero-order valence-corrected chi connectivity index (χ0v) is 14.7. The van der Waals surface area contributed by atoms with Gasteiger partial charge in [0, 0.05) is 18.1 Å². The molecule has 3 aromatic rings. The zero-order chi connectivity index (χ0) is 17.6. The minimum atomic E-state index is 0.0161. The van der Waals surface area contributed by atoms with Crippen molar-refractivity contribution in [1.82, 2.24) is 9.78 Å². The Balaban J connectivity index is 1.71. The molecule has 0 atom stereocenters. The second-order valence-electron chi connectivity index (χ2n) is 6.00. The Morgan fingerprint density at radius 3 is 2.24 bits per heavy atom. The molecule has 0 saturated heterocycles. The molecule has 25 heavy (non-hydrogen) atoms. The lowest BCUT2D eigenvalue weighted by atomic mass is 10.0. The fourth-order valence-electron chi connectivity index (χ4n) is 2.96. The quantitative estimate of drug-likeness (QED) is 0.735. The van der Waals surface area contributed by atoms with Crippen molar-refractivity contribution in [2.24, 2.45) is 0 Å². The van der Waals surface area contributed by atoms with Crippen molar-refractivity contribution in [1.29, 1.82) is 0 Å². The normalized spacial score (nSPS) is 10.6. The number of rotatable bonds is 6. The average Bonchev–Trinajstić information content (AvgIpc) is 3.17. The lowest BCUT2D eigenvalue weighted by Crippen LogP contribution is -2.17. The lowest BCUT2D eigenvalue weighted by Gasteiger charge is -2.14. The highest BCUT2D eigenvalue weighted by Crippen LogP contribution is 2.23. The van der Waals surface area contributed by atoms with E-state index < -0.39 is 0 Å². The fraction of sp³-hybridized carbons (Fsp3) is 0.238. The van der Waals surface area contributed by atoms with E-state index in [-0.39, 0.29) is 5.91 Å². The predicted molar refractivity (Wildman–Crippen MR) is 101 cm³/mol. The molecule has 0 spiro atoms. The molecule has 4 heteroatoms. The van der Waals surface area contributed by atoms with Gasteiger partial charge in [0.2, 0.25) is 5.91 Å². The lowest BCUT2D eigenvalue weighted by molar-refractivity contribution is -0.115. The first-order valence-electron chi connectivity index (χ1n) is 8.70.